The molecule has 0 bridgehead atoms. The van der Waals surface area contributed by atoms with Gasteiger partial charge < -0.3 is 4.74 Å². The number of hydrogen-bond donors (Lipinski definition) is 0. The molecule has 0 aliphatic heterocycles. The van der Waals surface area contributed by atoms with E-state index in [1.54, 1.807) is 0 Å². The second-order valence-electron chi connectivity index (χ2n) is 4.99. The van der Waals surface area contributed by atoms with E-state index < -0.39 is 0 Å². The fourth-order valence-electron chi connectivity index (χ4n) is 1.76. The molecule has 0 aliphatic rings. The van der Waals surface area contributed by atoms with Gasteiger partial charge in [-0.1, -0.05) is 29.9 Å². The van der Waals surface area contributed by atoms with Crippen LogP contribution >= 0.6 is 0 Å². The molecule has 0 unspecified atom stereocenters. The van der Waals surface area contributed by atoms with E-state index in [9.17, 15) is 0 Å². The Bertz CT molecular complexity index is 403. The quantitative estimate of drug-likeness (QED) is 0.506. The molecule has 0 N–H and O–H groups in total. The summed E-state index contributed by atoms with van der Waals surface area (Å²) in [5, 5.41) is 0. The van der Waals surface area contributed by atoms with Gasteiger partial charge in [0.25, 0.3) is 0 Å². The monoisotopic (exact) mass is 244 g/mol. The van der Waals surface area contributed by atoms with Crippen LogP contribution in [0.3, 0.4) is 0 Å². The molecule has 98 valence electrons. The first-order chi connectivity index (χ1) is 8.58. The fourth-order valence-corrected chi connectivity index (χ4v) is 1.76. The van der Waals surface area contributed by atoms with Crippen LogP contribution in [0.5, 0.6) is 5.75 Å². The Labute approximate surface area is 111 Å². The Morgan fingerprint density at radius 1 is 1.11 bits per heavy atom. The van der Waals surface area contributed by atoms with E-state index in [1.807, 2.05) is 0 Å². The van der Waals surface area contributed by atoms with Crippen LogP contribution in [0, 0.1) is 13.8 Å². The van der Waals surface area contributed by atoms with Gasteiger partial charge in [0.05, 0.1) is 6.61 Å². The molecule has 0 radical (unpaired) electrons. The number of unbranched alkanes of at least 4 members (excludes halogenated alkanes) is 1. The smallest absolute Gasteiger partial charge is 0.119 e. The standard InChI is InChI=1S/C17H24O/c1-14(2)9-7-5-6-8-10-18-17-12-15(3)11-16(4)13-17/h5,7,9,11-13H,6,8,10H2,1-4H3/b7-5+. The average molecular weight is 244 g/mol. The first-order valence-electron chi connectivity index (χ1n) is 6.59. The number of hydrogen-bond acceptors (Lipinski definition) is 1. The Morgan fingerprint density at radius 2 is 1.78 bits per heavy atom. The van der Waals surface area contributed by atoms with Crippen molar-refractivity contribution in [3.8, 4) is 5.75 Å². The molecule has 0 saturated carbocycles. The van der Waals surface area contributed by atoms with E-state index in [1.165, 1.54) is 16.7 Å². The van der Waals surface area contributed by atoms with Gasteiger partial charge in [-0.3, -0.25) is 0 Å². The third-order valence-corrected chi connectivity index (χ3v) is 2.54. The van der Waals surface area contributed by atoms with E-state index in [0.29, 0.717) is 0 Å². The molecule has 0 spiro atoms. The molecule has 18 heavy (non-hydrogen) atoms. The van der Waals surface area contributed by atoms with Gasteiger partial charge in [0.2, 0.25) is 0 Å². The van der Waals surface area contributed by atoms with Crippen molar-refractivity contribution < 1.29 is 4.74 Å². The molecule has 0 aromatic heterocycles. The highest BCUT2D eigenvalue weighted by molar-refractivity contribution is 5.32. The maximum atomic E-state index is 5.75. The van der Waals surface area contributed by atoms with Gasteiger partial charge in [0, 0.05) is 0 Å². The molecule has 0 saturated heterocycles. The summed E-state index contributed by atoms with van der Waals surface area (Å²) in [5.41, 5.74) is 3.85. The zero-order valence-corrected chi connectivity index (χ0v) is 12.0. The van der Waals surface area contributed by atoms with Crippen LogP contribution in [0.4, 0.5) is 0 Å². The second-order valence-corrected chi connectivity index (χ2v) is 4.99. The first-order valence-corrected chi connectivity index (χ1v) is 6.59. The Balaban J connectivity index is 2.26. The molecule has 1 heteroatoms. The van der Waals surface area contributed by atoms with Crippen LogP contribution < -0.4 is 4.74 Å². The Hall–Kier alpha value is -1.50. The highest BCUT2D eigenvalue weighted by atomic mass is 16.5. The number of allylic oxidation sites excluding steroid dienone is 4. The predicted molar refractivity (Wildman–Crippen MR) is 79.2 cm³/mol. The van der Waals surface area contributed by atoms with Crippen molar-refractivity contribution in [1.29, 1.82) is 0 Å². The van der Waals surface area contributed by atoms with Crippen molar-refractivity contribution >= 4 is 0 Å². The van der Waals surface area contributed by atoms with Crippen molar-refractivity contribution in [2.24, 2.45) is 0 Å². The van der Waals surface area contributed by atoms with Crippen molar-refractivity contribution in [3.63, 3.8) is 0 Å². The number of aryl methyl sites for hydroxylation is 2. The number of ether oxygens (including phenoxy) is 1. The average Bonchev–Trinajstić information content (AvgIpc) is 2.26. The molecule has 1 nitrogen and oxygen atoms in total. The largest absolute Gasteiger partial charge is 0.494 e. The van der Waals surface area contributed by atoms with E-state index in [-0.39, 0.29) is 0 Å². The van der Waals surface area contributed by atoms with Gasteiger partial charge in [0.15, 0.2) is 0 Å². The number of benzene rings is 1. The highest BCUT2D eigenvalue weighted by Crippen LogP contribution is 2.16. The van der Waals surface area contributed by atoms with Crippen molar-refractivity contribution in [2.75, 3.05) is 6.61 Å². The fraction of sp³-hybridized carbons (Fsp3) is 0.412. The summed E-state index contributed by atoms with van der Waals surface area (Å²) >= 11 is 0. The summed E-state index contributed by atoms with van der Waals surface area (Å²) in [5.74, 6) is 0.987. The van der Waals surface area contributed by atoms with E-state index in [0.717, 1.165) is 25.2 Å². The van der Waals surface area contributed by atoms with Crippen molar-refractivity contribution in [3.05, 3.63) is 53.1 Å². The van der Waals surface area contributed by atoms with Crippen LogP contribution in [-0.4, -0.2) is 6.61 Å². The molecule has 0 aliphatic carbocycles. The van der Waals surface area contributed by atoms with Crippen LogP contribution in [0.1, 0.15) is 37.8 Å². The summed E-state index contributed by atoms with van der Waals surface area (Å²) in [6.07, 6.45) is 8.56. The molecule has 0 fully saturated rings. The van der Waals surface area contributed by atoms with Gasteiger partial charge in [-0.2, -0.15) is 0 Å². The minimum atomic E-state index is 0.780. The van der Waals surface area contributed by atoms with Gasteiger partial charge in [-0.15, -0.1) is 0 Å². The predicted octanol–water partition coefficient (Wildman–Crippen LogP) is 4.98. The van der Waals surface area contributed by atoms with Crippen LogP contribution in [0.2, 0.25) is 0 Å². The van der Waals surface area contributed by atoms with Crippen molar-refractivity contribution in [1.82, 2.24) is 0 Å². The lowest BCUT2D eigenvalue weighted by Crippen LogP contribution is -1.97. The maximum Gasteiger partial charge on any atom is 0.119 e. The summed E-state index contributed by atoms with van der Waals surface area (Å²) < 4.78 is 5.75. The summed E-state index contributed by atoms with van der Waals surface area (Å²) in [7, 11) is 0. The van der Waals surface area contributed by atoms with Crippen LogP contribution in [0.15, 0.2) is 42.0 Å². The minimum Gasteiger partial charge on any atom is -0.494 e. The third kappa shape index (κ3) is 6.29. The first kappa shape index (κ1) is 14.6. The molecular formula is C17H24O. The normalized spacial score (nSPS) is 10.7. The van der Waals surface area contributed by atoms with Crippen LogP contribution in [0.25, 0.3) is 0 Å². The topological polar surface area (TPSA) is 9.23 Å². The maximum absolute atomic E-state index is 5.75. The van der Waals surface area contributed by atoms with Crippen molar-refractivity contribution in [2.45, 2.75) is 40.5 Å². The van der Waals surface area contributed by atoms with Gasteiger partial charge in [-0.05, 0) is 63.8 Å². The zero-order chi connectivity index (χ0) is 13.4. The molecular weight excluding hydrogens is 220 g/mol. The Kier molecular flexibility index (Phi) is 6.27. The summed E-state index contributed by atoms with van der Waals surface area (Å²) in [6, 6.07) is 6.34. The summed E-state index contributed by atoms with van der Waals surface area (Å²) in [6.45, 7) is 9.19. The van der Waals surface area contributed by atoms with Crippen LogP contribution in [-0.2, 0) is 0 Å². The molecule has 1 aromatic rings. The minimum absolute atomic E-state index is 0.780. The lowest BCUT2D eigenvalue weighted by molar-refractivity contribution is 0.312. The van der Waals surface area contributed by atoms with Gasteiger partial charge >= 0.3 is 0 Å². The highest BCUT2D eigenvalue weighted by Gasteiger charge is 1.96. The molecule has 0 heterocycles. The molecule has 0 atom stereocenters. The SMILES string of the molecule is CC(C)=C/C=C/CCCOc1cc(C)cc(C)c1. The number of rotatable bonds is 6. The van der Waals surface area contributed by atoms with Gasteiger partial charge in [-0.25, -0.2) is 0 Å². The zero-order valence-electron chi connectivity index (χ0n) is 12.0. The molecule has 0 amide bonds. The second kappa shape index (κ2) is 7.75. The van der Waals surface area contributed by atoms with E-state index >= 15 is 0 Å². The van der Waals surface area contributed by atoms with E-state index in [2.05, 4.69) is 64.1 Å². The Morgan fingerprint density at radius 3 is 2.39 bits per heavy atom. The lowest BCUT2D eigenvalue weighted by Gasteiger charge is -2.07. The third-order valence-electron chi connectivity index (χ3n) is 2.54. The lowest BCUT2D eigenvalue weighted by atomic mass is 10.1. The molecule has 1 rings (SSSR count). The van der Waals surface area contributed by atoms with E-state index in [4.69, 9.17) is 4.74 Å². The molecule has 1 aromatic carbocycles. The summed E-state index contributed by atoms with van der Waals surface area (Å²) in [4.78, 5) is 0. The van der Waals surface area contributed by atoms with Gasteiger partial charge in [0.1, 0.15) is 5.75 Å².